The second-order valence-corrected chi connectivity index (χ2v) is 6.34. The van der Waals surface area contributed by atoms with E-state index in [-0.39, 0.29) is 11.5 Å². The van der Waals surface area contributed by atoms with Crippen LogP contribution in [0, 0.1) is 0 Å². The number of anilines is 4. The second-order valence-electron chi connectivity index (χ2n) is 6.34. The van der Waals surface area contributed by atoms with Gasteiger partial charge in [-0.1, -0.05) is 0 Å². The van der Waals surface area contributed by atoms with Crippen LogP contribution in [0.4, 0.5) is 23.1 Å². The lowest BCUT2D eigenvalue weighted by molar-refractivity contribution is -0.116. The zero-order chi connectivity index (χ0) is 18.7. The Bertz CT molecular complexity index is 817. The fraction of sp³-hybridized carbons (Fsp3) is 0.333. The summed E-state index contributed by atoms with van der Waals surface area (Å²) in [5.74, 6) is 0.218. The van der Waals surface area contributed by atoms with Crippen LogP contribution in [0.25, 0.3) is 0 Å². The van der Waals surface area contributed by atoms with Crippen molar-refractivity contribution < 1.29 is 9.59 Å². The number of carbonyl (C=O) groups is 2. The summed E-state index contributed by atoms with van der Waals surface area (Å²) in [6, 6.07) is 7.64. The summed E-state index contributed by atoms with van der Waals surface area (Å²) < 4.78 is 0. The van der Waals surface area contributed by atoms with E-state index in [1.807, 2.05) is 24.3 Å². The van der Waals surface area contributed by atoms with E-state index in [1.165, 1.54) is 19.5 Å². The third-order valence-corrected chi connectivity index (χ3v) is 4.48. The molecule has 0 unspecified atom stereocenters. The minimum absolute atomic E-state index is 0.0391. The Morgan fingerprint density at radius 1 is 1.23 bits per heavy atom. The number of hydrogen-bond donors (Lipinski definition) is 3. The van der Waals surface area contributed by atoms with Crippen LogP contribution in [0.1, 0.15) is 36.5 Å². The molecule has 1 aliphatic carbocycles. The van der Waals surface area contributed by atoms with Crippen molar-refractivity contribution in [2.24, 2.45) is 5.73 Å². The first-order chi connectivity index (χ1) is 12.4. The molecule has 1 saturated carbocycles. The molecule has 136 valence electrons. The Hall–Kier alpha value is -3.16. The van der Waals surface area contributed by atoms with Gasteiger partial charge in [-0.25, -0.2) is 4.98 Å². The lowest BCUT2D eigenvalue weighted by atomic mass is 9.93. The maximum Gasteiger partial charge on any atom is 0.254 e. The number of benzene rings is 1. The molecule has 0 spiro atoms. The maximum atomic E-state index is 11.6. The molecule has 8 heteroatoms. The highest BCUT2D eigenvalue weighted by Crippen LogP contribution is 2.25. The SMILES string of the molecule is CC(=O)N(C)c1ccc(Nc2ncc(C(N)=O)c(NC3CCC3)n2)cc1. The van der Waals surface area contributed by atoms with Crippen molar-refractivity contribution >= 4 is 35.0 Å². The average Bonchev–Trinajstić information content (AvgIpc) is 2.58. The van der Waals surface area contributed by atoms with Gasteiger partial charge in [0.15, 0.2) is 0 Å². The Morgan fingerprint density at radius 3 is 2.46 bits per heavy atom. The molecule has 0 atom stereocenters. The second kappa shape index (κ2) is 7.38. The number of hydrogen-bond acceptors (Lipinski definition) is 6. The predicted octanol–water partition coefficient (Wildman–Crippen LogP) is 2.27. The van der Waals surface area contributed by atoms with Gasteiger partial charge < -0.3 is 21.3 Å². The van der Waals surface area contributed by atoms with Crippen LogP contribution in [0.2, 0.25) is 0 Å². The number of nitrogens with zero attached hydrogens (tertiary/aromatic N) is 3. The molecule has 1 fully saturated rings. The van der Waals surface area contributed by atoms with E-state index in [0.717, 1.165) is 24.2 Å². The molecule has 0 radical (unpaired) electrons. The normalized spacial score (nSPS) is 13.6. The van der Waals surface area contributed by atoms with E-state index in [9.17, 15) is 9.59 Å². The highest BCUT2D eigenvalue weighted by Gasteiger charge is 2.21. The molecule has 1 heterocycles. The van der Waals surface area contributed by atoms with Crippen molar-refractivity contribution in [1.82, 2.24) is 9.97 Å². The molecule has 2 aromatic rings. The standard InChI is InChI=1S/C18H22N6O2/c1-11(25)24(2)14-8-6-13(7-9-14)22-18-20-10-15(16(19)26)17(23-18)21-12-4-3-5-12/h6-10,12H,3-5H2,1-2H3,(H2,19,26)(H2,20,21,22,23). The van der Waals surface area contributed by atoms with Gasteiger partial charge in [0.1, 0.15) is 5.82 Å². The van der Waals surface area contributed by atoms with Crippen molar-refractivity contribution in [2.45, 2.75) is 32.2 Å². The van der Waals surface area contributed by atoms with E-state index >= 15 is 0 Å². The van der Waals surface area contributed by atoms with Crippen LogP contribution in [-0.2, 0) is 4.79 Å². The van der Waals surface area contributed by atoms with Crippen molar-refractivity contribution in [3.05, 3.63) is 36.0 Å². The average molecular weight is 354 g/mol. The molecule has 1 aromatic carbocycles. The molecule has 0 saturated heterocycles. The van der Waals surface area contributed by atoms with E-state index in [4.69, 9.17) is 5.73 Å². The third kappa shape index (κ3) is 3.90. The maximum absolute atomic E-state index is 11.6. The van der Waals surface area contributed by atoms with Gasteiger partial charge in [-0.2, -0.15) is 4.98 Å². The smallest absolute Gasteiger partial charge is 0.254 e. The monoisotopic (exact) mass is 354 g/mol. The van der Waals surface area contributed by atoms with Gasteiger partial charge in [-0.15, -0.1) is 0 Å². The molecule has 2 amide bonds. The van der Waals surface area contributed by atoms with Crippen LogP contribution in [-0.4, -0.2) is 34.9 Å². The first kappa shape index (κ1) is 17.7. The quantitative estimate of drug-likeness (QED) is 0.733. The number of nitrogens with one attached hydrogen (secondary N) is 2. The summed E-state index contributed by atoms with van der Waals surface area (Å²) in [4.78, 5) is 33.1. The molecule has 0 aliphatic heterocycles. The minimum atomic E-state index is -0.560. The molecule has 3 rings (SSSR count). The number of nitrogens with two attached hydrogens (primary N) is 1. The molecule has 1 aromatic heterocycles. The Balaban J connectivity index is 1.77. The predicted molar refractivity (Wildman–Crippen MR) is 101 cm³/mol. The van der Waals surface area contributed by atoms with Gasteiger partial charge in [0, 0.05) is 37.6 Å². The van der Waals surface area contributed by atoms with Crippen LogP contribution < -0.4 is 21.3 Å². The Labute approximate surface area is 151 Å². The van der Waals surface area contributed by atoms with Crippen LogP contribution in [0.15, 0.2) is 30.5 Å². The molecule has 4 N–H and O–H groups in total. The van der Waals surface area contributed by atoms with Crippen LogP contribution >= 0.6 is 0 Å². The minimum Gasteiger partial charge on any atom is -0.367 e. The molecule has 0 bridgehead atoms. The lowest BCUT2D eigenvalue weighted by Gasteiger charge is -2.27. The van der Waals surface area contributed by atoms with Gasteiger partial charge >= 0.3 is 0 Å². The Morgan fingerprint density at radius 2 is 1.92 bits per heavy atom. The van der Waals surface area contributed by atoms with Gasteiger partial charge in [0.2, 0.25) is 11.9 Å². The molecule has 8 nitrogen and oxygen atoms in total. The van der Waals surface area contributed by atoms with Crippen molar-refractivity contribution in [3.63, 3.8) is 0 Å². The zero-order valence-corrected chi connectivity index (χ0v) is 14.8. The molecular formula is C18H22N6O2. The van der Waals surface area contributed by atoms with Gasteiger partial charge in [0.05, 0.1) is 5.56 Å². The first-order valence-corrected chi connectivity index (χ1v) is 8.49. The summed E-state index contributed by atoms with van der Waals surface area (Å²) in [6.45, 7) is 1.51. The van der Waals surface area contributed by atoms with Crippen LogP contribution in [0.3, 0.4) is 0 Å². The largest absolute Gasteiger partial charge is 0.367 e. The summed E-state index contributed by atoms with van der Waals surface area (Å²) >= 11 is 0. The third-order valence-electron chi connectivity index (χ3n) is 4.48. The van der Waals surface area contributed by atoms with Gasteiger partial charge in [-0.3, -0.25) is 9.59 Å². The van der Waals surface area contributed by atoms with E-state index in [2.05, 4.69) is 20.6 Å². The number of rotatable bonds is 6. The lowest BCUT2D eigenvalue weighted by Crippen LogP contribution is -2.29. The summed E-state index contributed by atoms with van der Waals surface area (Å²) in [6.07, 6.45) is 4.70. The zero-order valence-electron chi connectivity index (χ0n) is 14.8. The number of aromatic nitrogens is 2. The molecular weight excluding hydrogens is 332 g/mol. The highest BCUT2D eigenvalue weighted by atomic mass is 16.2. The fourth-order valence-corrected chi connectivity index (χ4v) is 2.56. The first-order valence-electron chi connectivity index (χ1n) is 8.49. The summed E-state index contributed by atoms with van der Waals surface area (Å²) in [5.41, 5.74) is 7.25. The van der Waals surface area contributed by atoms with Crippen molar-refractivity contribution in [2.75, 3.05) is 22.6 Å². The number of primary amides is 1. The number of carbonyl (C=O) groups excluding carboxylic acids is 2. The highest BCUT2D eigenvalue weighted by molar-refractivity contribution is 5.97. The summed E-state index contributed by atoms with van der Waals surface area (Å²) in [5, 5.41) is 6.35. The van der Waals surface area contributed by atoms with Crippen molar-refractivity contribution in [3.8, 4) is 0 Å². The summed E-state index contributed by atoms with van der Waals surface area (Å²) in [7, 11) is 1.72. The van der Waals surface area contributed by atoms with Crippen LogP contribution in [0.5, 0.6) is 0 Å². The van der Waals surface area contributed by atoms with E-state index in [0.29, 0.717) is 17.8 Å². The topological polar surface area (TPSA) is 113 Å². The van der Waals surface area contributed by atoms with Gasteiger partial charge in [0.25, 0.3) is 5.91 Å². The van der Waals surface area contributed by atoms with Gasteiger partial charge in [-0.05, 0) is 43.5 Å². The molecule has 1 aliphatic rings. The number of amides is 2. The fourth-order valence-electron chi connectivity index (χ4n) is 2.56. The Kier molecular flexibility index (Phi) is 5.01. The van der Waals surface area contributed by atoms with E-state index in [1.54, 1.807) is 11.9 Å². The van der Waals surface area contributed by atoms with Crippen molar-refractivity contribution in [1.29, 1.82) is 0 Å². The van der Waals surface area contributed by atoms with E-state index < -0.39 is 5.91 Å². The molecule has 26 heavy (non-hydrogen) atoms.